The summed E-state index contributed by atoms with van der Waals surface area (Å²) in [6, 6.07) is 14.4. The molecule has 9 nitrogen and oxygen atoms in total. The second-order valence-corrected chi connectivity index (χ2v) is 9.00. The van der Waals surface area contributed by atoms with Crippen molar-refractivity contribution >= 4 is 17.5 Å². The van der Waals surface area contributed by atoms with Gasteiger partial charge in [0.25, 0.3) is 0 Å². The lowest BCUT2D eigenvalue weighted by atomic mass is 9.98. The lowest BCUT2D eigenvalue weighted by Crippen LogP contribution is -2.39. The van der Waals surface area contributed by atoms with Gasteiger partial charge in [0.2, 0.25) is 10.9 Å². The summed E-state index contributed by atoms with van der Waals surface area (Å²) in [5.41, 5.74) is 5.70. The summed E-state index contributed by atoms with van der Waals surface area (Å²) in [6.07, 6.45) is 1.60. The average Bonchev–Trinajstić information content (AvgIpc) is 3.57. The Kier molecular flexibility index (Phi) is 6.12. The predicted octanol–water partition coefficient (Wildman–Crippen LogP) is 4.51. The van der Waals surface area contributed by atoms with E-state index < -0.39 is 11.3 Å². The third-order valence-corrected chi connectivity index (χ3v) is 7.09. The van der Waals surface area contributed by atoms with Crippen LogP contribution >= 0.6 is 11.8 Å². The number of Topliss-reactive ketones (excluding diaryl/α,β-unsaturated/α-hetero) is 1. The fraction of sp³-hybridized carbons (Fsp3) is 0.240. The van der Waals surface area contributed by atoms with Crippen LogP contribution in [0.3, 0.4) is 0 Å². The molecule has 10 heteroatoms. The Bertz CT molecular complexity index is 1340. The SMILES string of the molecule is COc1cc(-c2nnc3n2NC(c2ccco2)C(C(=O)c2ccccc2C)S3)cc(OC)c1OC. The molecule has 2 atom stereocenters. The van der Waals surface area contributed by atoms with Crippen LogP contribution in [0, 0.1) is 6.92 Å². The first-order valence-corrected chi connectivity index (χ1v) is 11.8. The van der Waals surface area contributed by atoms with Gasteiger partial charge in [-0.15, -0.1) is 10.2 Å². The number of nitrogens with one attached hydrogen (secondary N) is 1. The van der Waals surface area contributed by atoms with Gasteiger partial charge in [-0.25, -0.2) is 4.68 Å². The van der Waals surface area contributed by atoms with Crippen molar-refractivity contribution in [2.45, 2.75) is 23.4 Å². The zero-order chi connectivity index (χ0) is 24.5. The Hall–Kier alpha value is -3.92. The third kappa shape index (κ3) is 3.99. The van der Waals surface area contributed by atoms with Gasteiger partial charge in [0, 0.05) is 11.1 Å². The maximum absolute atomic E-state index is 13.6. The molecule has 1 aliphatic heterocycles. The number of carbonyl (C=O) groups is 1. The fourth-order valence-corrected chi connectivity index (χ4v) is 5.26. The van der Waals surface area contributed by atoms with Crippen LogP contribution in [0.5, 0.6) is 17.2 Å². The zero-order valence-corrected chi connectivity index (χ0v) is 20.5. The molecule has 4 aromatic rings. The number of hydrogen-bond acceptors (Lipinski definition) is 9. The largest absolute Gasteiger partial charge is 0.493 e. The minimum atomic E-state index is -0.508. The van der Waals surface area contributed by atoms with Crippen LogP contribution in [0.2, 0.25) is 0 Å². The Balaban J connectivity index is 1.58. The number of furan rings is 1. The van der Waals surface area contributed by atoms with Gasteiger partial charge < -0.3 is 24.1 Å². The molecule has 0 fully saturated rings. The van der Waals surface area contributed by atoms with E-state index in [4.69, 9.17) is 18.6 Å². The monoisotopic (exact) mass is 492 g/mol. The zero-order valence-electron chi connectivity index (χ0n) is 19.6. The van der Waals surface area contributed by atoms with Gasteiger partial charge in [-0.3, -0.25) is 4.79 Å². The average molecular weight is 493 g/mol. The molecule has 3 heterocycles. The van der Waals surface area contributed by atoms with Crippen LogP contribution in [-0.2, 0) is 0 Å². The van der Waals surface area contributed by atoms with Gasteiger partial charge in [0.1, 0.15) is 17.1 Å². The standard InChI is InChI=1S/C25H24N4O5S/c1-14-8-5-6-9-16(14)21(30)23-20(17-10-7-11-34-17)28-29-24(26-27-25(29)35-23)15-12-18(31-2)22(33-4)19(13-15)32-3/h5-13,20,23,28H,1-4H3. The summed E-state index contributed by atoms with van der Waals surface area (Å²) in [6.45, 7) is 1.93. The van der Waals surface area contributed by atoms with Crippen molar-refractivity contribution in [2.75, 3.05) is 26.8 Å². The molecule has 2 aromatic heterocycles. The summed E-state index contributed by atoms with van der Waals surface area (Å²) in [4.78, 5) is 13.6. The van der Waals surface area contributed by atoms with Crippen LogP contribution in [-0.4, -0.2) is 47.2 Å². The molecule has 0 aliphatic carbocycles. The summed E-state index contributed by atoms with van der Waals surface area (Å²) < 4.78 is 23.9. The van der Waals surface area contributed by atoms with Crippen molar-refractivity contribution < 1.29 is 23.4 Å². The normalized spacial score (nSPS) is 16.8. The smallest absolute Gasteiger partial charge is 0.211 e. The highest BCUT2D eigenvalue weighted by Crippen LogP contribution is 2.44. The van der Waals surface area contributed by atoms with Gasteiger partial charge in [0.15, 0.2) is 23.1 Å². The molecule has 0 spiro atoms. The number of nitrogens with zero attached hydrogens (tertiary/aromatic N) is 3. The number of fused-ring (bicyclic) bond motifs is 1. The molecule has 0 amide bonds. The number of aromatic nitrogens is 3. The van der Waals surface area contributed by atoms with Crippen molar-refractivity contribution in [1.82, 2.24) is 14.9 Å². The minimum absolute atomic E-state index is 0.00872. The van der Waals surface area contributed by atoms with E-state index in [1.165, 1.54) is 11.8 Å². The van der Waals surface area contributed by atoms with E-state index in [2.05, 4.69) is 15.6 Å². The lowest BCUT2D eigenvalue weighted by molar-refractivity contribution is 0.0977. The van der Waals surface area contributed by atoms with E-state index in [-0.39, 0.29) is 5.78 Å². The first kappa shape index (κ1) is 22.9. The first-order valence-electron chi connectivity index (χ1n) is 10.9. The summed E-state index contributed by atoms with van der Waals surface area (Å²) in [5.74, 6) is 2.64. The summed E-state index contributed by atoms with van der Waals surface area (Å²) in [5, 5.41) is 8.83. The Morgan fingerprint density at radius 1 is 1.03 bits per heavy atom. The van der Waals surface area contributed by atoms with Crippen molar-refractivity contribution in [3.05, 3.63) is 71.7 Å². The number of ketones is 1. The topological polar surface area (TPSA) is 101 Å². The van der Waals surface area contributed by atoms with Gasteiger partial charge in [-0.05, 0) is 36.8 Å². The molecule has 1 N–H and O–H groups in total. The van der Waals surface area contributed by atoms with Crippen LogP contribution in [0.1, 0.15) is 27.7 Å². The van der Waals surface area contributed by atoms with Gasteiger partial charge >= 0.3 is 0 Å². The highest BCUT2D eigenvalue weighted by Gasteiger charge is 2.40. The number of methoxy groups -OCH3 is 3. The summed E-state index contributed by atoms with van der Waals surface area (Å²) >= 11 is 1.35. The molecule has 1 aliphatic rings. The second kappa shape index (κ2) is 9.38. The molecule has 5 rings (SSSR count). The third-order valence-electron chi connectivity index (χ3n) is 5.88. The molecule has 0 saturated carbocycles. The second-order valence-electron chi connectivity index (χ2n) is 7.90. The van der Waals surface area contributed by atoms with Crippen LogP contribution in [0.15, 0.2) is 64.4 Å². The Morgan fingerprint density at radius 2 is 1.77 bits per heavy atom. The number of aryl methyl sites for hydroxylation is 1. The van der Waals surface area contributed by atoms with Gasteiger partial charge in [0.05, 0.1) is 27.6 Å². The highest BCUT2D eigenvalue weighted by molar-refractivity contribution is 8.00. The molecule has 2 aromatic carbocycles. The number of rotatable bonds is 7. The Labute approximate surface area is 206 Å². The number of thioether (sulfide) groups is 1. The maximum Gasteiger partial charge on any atom is 0.211 e. The van der Waals surface area contributed by atoms with E-state index >= 15 is 0 Å². The van der Waals surface area contributed by atoms with Crippen LogP contribution < -0.4 is 19.6 Å². The van der Waals surface area contributed by atoms with Crippen molar-refractivity contribution in [1.29, 1.82) is 0 Å². The number of carbonyl (C=O) groups excluding carboxylic acids is 1. The first-order chi connectivity index (χ1) is 17.0. The van der Waals surface area contributed by atoms with Crippen molar-refractivity contribution in [2.24, 2.45) is 0 Å². The molecular weight excluding hydrogens is 468 g/mol. The molecule has 0 radical (unpaired) electrons. The van der Waals surface area contributed by atoms with Crippen LogP contribution in [0.25, 0.3) is 11.4 Å². The number of ether oxygens (including phenoxy) is 3. The molecular formula is C25H24N4O5S. The van der Waals surface area contributed by atoms with E-state index in [9.17, 15) is 4.79 Å². The van der Waals surface area contributed by atoms with Crippen LogP contribution in [0.4, 0.5) is 0 Å². The quantitative estimate of drug-likeness (QED) is 0.373. The van der Waals surface area contributed by atoms with E-state index in [0.717, 1.165) is 5.56 Å². The molecule has 0 saturated heterocycles. The molecule has 0 bridgehead atoms. The number of benzene rings is 2. The van der Waals surface area contributed by atoms with Gasteiger partial charge in [-0.2, -0.15) is 0 Å². The lowest BCUT2D eigenvalue weighted by Gasteiger charge is -2.31. The maximum atomic E-state index is 13.6. The molecule has 180 valence electrons. The Morgan fingerprint density at radius 3 is 2.40 bits per heavy atom. The van der Waals surface area contributed by atoms with Crippen molar-refractivity contribution in [3.63, 3.8) is 0 Å². The summed E-state index contributed by atoms with van der Waals surface area (Å²) in [7, 11) is 4.67. The predicted molar refractivity (Wildman–Crippen MR) is 131 cm³/mol. The van der Waals surface area contributed by atoms with Gasteiger partial charge in [-0.1, -0.05) is 36.0 Å². The van der Waals surface area contributed by atoms with E-state index in [1.54, 1.807) is 50.5 Å². The fourth-order valence-electron chi connectivity index (χ4n) is 4.14. The minimum Gasteiger partial charge on any atom is -0.493 e. The van der Waals surface area contributed by atoms with E-state index in [0.29, 0.717) is 45.1 Å². The van der Waals surface area contributed by atoms with Crippen molar-refractivity contribution in [3.8, 4) is 28.6 Å². The number of hydrogen-bond donors (Lipinski definition) is 1. The molecule has 2 unspecified atom stereocenters. The highest BCUT2D eigenvalue weighted by atomic mass is 32.2. The van der Waals surface area contributed by atoms with E-state index in [1.807, 2.05) is 37.3 Å². The molecule has 35 heavy (non-hydrogen) atoms.